The third-order valence-electron chi connectivity index (χ3n) is 0.236. The van der Waals surface area contributed by atoms with Crippen molar-refractivity contribution in [2.24, 2.45) is 0 Å². The summed E-state index contributed by atoms with van der Waals surface area (Å²) in [6.07, 6.45) is 1.65. The third-order valence-corrected chi connectivity index (χ3v) is 0.236. The average Bonchev–Trinajstić information content (AvgIpc) is 1.41. The molecule has 0 unspecified atom stereocenters. The third kappa shape index (κ3) is 9.01. The van der Waals surface area contributed by atoms with Gasteiger partial charge in [0.15, 0.2) is 0 Å². The number of ether oxygens (including phenoxy) is 1. The van der Waals surface area contributed by atoms with Crippen LogP contribution in [0, 0.1) is 7.11 Å². The molecule has 0 aliphatic heterocycles. The molecular weight excluding hydrogens is 103 g/mol. The predicted octanol–water partition coefficient (Wildman–Crippen LogP) is -2.02. The molecule has 0 atom stereocenters. The number of hydrogen-bond acceptors (Lipinski definition) is 1. The Bertz CT molecular complexity index is 28.7. The van der Waals surface area contributed by atoms with E-state index in [0.29, 0.717) is 6.61 Å². The molecule has 0 radical (unpaired) electrons. The van der Waals surface area contributed by atoms with Gasteiger partial charge in [-0.3, -0.25) is 0 Å². The number of rotatable bonds is 2. The Morgan fingerprint density at radius 2 is 2.33 bits per heavy atom. The van der Waals surface area contributed by atoms with Gasteiger partial charge in [0, 0.05) is 6.61 Å². The van der Waals surface area contributed by atoms with Crippen LogP contribution >= 0.6 is 0 Å². The van der Waals surface area contributed by atoms with Gasteiger partial charge in [-0.05, 0) is 0 Å². The van der Waals surface area contributed by atoms with E-state index in [9.17, 15) is 0 Å². The summed E-state index contributed by atoms with van der Waals surface area (Å²) in [7, 11) is 3.10. The van der Waals surface area contributed by atoms with E-state index in [1.807, 2.05) is 0 Å². The molecule has 0 aromatic carbocycles. The van der Waals surface area contributed by atoms with E-state index in [4.69, 9.17) is 0 Å². The van der Waals surface area contributed by atoms with Gasteiger partial charge in [0.1, 0.15) is 0 Å². The Morgan fingerprint density at radius 1 is 1.83 bits per heavy atom. The minimum absolute atomic E-state index is 0. The van der Waals surface area contributed by atoms with Crippen LogP contribution in [0.4, 0.5) is 0 Å². The molecule has 0 saturated heterocycles. The monoisotopic (exact) mass is 110 g/mol. The minimum atomic E-state index is 0. The largest absolute Gasteiger partial charge is 1.00 e. The van der Waals surface area contributed by atoms with Crippen molar-refractivity contribution in [3.05, 3.63) is 19.8 Å². The second-order valence-corrected chi connectivity index (χ2v) is 0.659. The zero-order valence-electron chi connectivity index (χ0n) is 4.11. The second kappa shape index (κ2) is 9.60. The van der Waals surface area contributed by atoms with Crippen LogP contribution in [0.2, 0.25) is 0 Å². The first kappa shape index (κ1) is 10.3. The maximum absolute atomic E-state index is 4.32. The molecule has 0 N–H and O–H groups in total. The maximum atomic E-state index is 4.32. The van der Waals surface area contributed by atoms with Gasteiger partial charge in [0.25, 0.3) is 0 Å². The van der Waals surface area contributed by atoms with Crippen molar-refractivity contribution >= 4 is 0 Å². The van der Waals surface area contributed by atoms with Crippen LogP contribution in [0.1, 0.15) is 0 Å². The van der Waals surface area contributed by atoms with E-state index in [-0.39, 0.29) is 51.4 Å². The maximum Gasteiger partial charge on any atom is 1.00 e. The molecule has 0 bridgehead atoms. The first-order valence-electron chi connectivity index (χ1n) is 1.39. The molecule has 0 rings (SSSR count). The van der Waals surface area contributed by atoms with Crippen molar-refractivity contribution in [1.29, 1.82) is 0 Å². The van der Waals surface area contributed by atoms with Crippen molar-refractivity contribution in [2.45, 2.75) is 0 Å². The standard InChI is InChI=1S/C4H7O.K/c1-3-4-5-2;/h3H,1-2,4H2;/q-1;+1. The van der Waals surface area contributed by atoms with Crippen LogP contribution in [-0.2, 0) is 4.74 Å². The molecule has 1 nitrogen and oxygen atoms in total. The molecule has 0 aliphatic rings. The Kier molecular flexibility index (Phi) is 16.5. The summed E-state index contributed by atoms with van der Waals surface area (Å²) >= 11 is 0. The Morgan fingerprint density at radius 3 is 2.33 bits per heavy atom. The molecule has 0 fully saturated rings. The van der Waals surface area contributed by atoms with E-state index in [0.717, 1.165) is 0 Å². The van der Waals surface area contributed by atoms with Crippen molar-refractivity contribution in [3.8, 4) is 0 Å². The van der Waals surface area contributed by atoms with Crippen molar-refractivity contribution < 1.29 is 56.1 Å². The fraction of sp³-hybridized carbons (Fsp3) is 0.250. The average molecular weight is 110 g/mol. The molecule has 0 aliphatic carbocycles. The minimum Gasteiger partial charge on any atom is -0.552 e. The number of hydrogen-bond donors (Lipinski definition) is 0. The van der Waals surface area contributed by atoms with E-state index >= 15 is 0 Å². The summed E-state index contributed by atoms with van der Waals surface area (Å²) in [6, 6.07) is 0. The van der Waals surface area contributed by atoms with E-state index in [2.05, 4.69) is 18.4 Å². The smallest absolute Gasteiger partial charge is 0.552 e. The van der Waals surface area contributed by atoms with Crippen molar-refractivity contribution in [3.63, 3.8) is 0 Å². The Balaban J connectivity index is 0. The molecule has 2 heteroatoms. The van der Waals surface area contributed by atoms with Gasteiger partial charge >= 0.3 is 51.4 Å². The van der Waals surface area contributed by atoms with Gasteiger partial charge in [-0.15, -0.1) is 6.58 Å². The van der Waals surface area contributed by atoms with Crippen LogP contribution in [0.3, 0.4) is 0 Å². The summed E-state index contributed by atoms with van der Waals surface area (Å²) in [5, 5.41) is 0. The molecule has 0 aromatic heterocycles. The SMILES string of the molecule is C=CCO[CH2-].[K+]. The second-order valence-electron chi connectivity index (χ2n) is 0.659. The topological polar surface area (TPSA) is 9.23 Å². The van der Waals surface area contributed by atoms with Gasteiger partial charge in [-0.1, -0.05) is 6.08 Å². The Labute approximate surface area is 81.2 Å². The van der Waals surface area contributed by atoms with E-state index in [1.165, 1.54) is 0 Å². The van der Waals surface area contributed by atoms with Crippen LogP contribution in [-0.4, -0.2) is 6.61 Å². The Hall–Kier alpha value is 1.34. The zero-order valence-corrected chi connectivity index (χ0v) is 7.23. The van der Waals surface area contributed by atoms with Gasteiger partial charge < -0.3 is 4.74 Å². The van der Waals surface area contributed by atoms with Gasteiger partial charge in [0.2, 0.25) is 0 Å². The molecule has 30 valence electrons. The van der Waals surface area contributed by atoms with Crippen LogP contribution in [0.15, 0.2) is 12.7 Å². The van der Waals surface area contributed by atoms with Crippen LogP contribution < -0.4 is 51.4 Å². The normalized spacial score (nSPS) is 6.17. The van der Waals surface area contributed by atoms with Gasteiger partial charge in [-0.2, -0.15) is 0 Å². The summed E-state index contributed by atoms with van der Waals surface area (Å²) < 4.78 is 4.32. The molecule has 6 heavy (non-hydrogen) atoms. The zero-order chi connectivity index (χ0) is 4.12. The molecule has 0 spiro atoms. The molecule has 0 amide bonds. The van der Waals surface area contributed by atoms with E-state index in [1.54, 1.807) is 6.08 Å². The molecular formula is C4H7KO. The van der Waals surface area contributed by atoms with Crippen LogP contribution in [0.25, 0.3) is 0 Å². The first-order chi connectivity index (χ1) is 2.41. The van der Waals surface area contributed by atoms with E-state index < -0.39 is 0 Å². The van der Waals surface area contributed by atoms with Crippen LogP contribution in [0.5, 0.6) is 0 Å². The summed E-state index contributed by atoms with van der Waals surface area (Å²) in [5.41, 5.74) is 0. The first-order valence-corrected chi connectivity index (χ1v) is 1.39. The summed E-state index contributed by atoms with van der Waals surface area (Å²) in [5.74, 6) is 0. The van der Waals surface area contributed by atoms with Gasteiger partial charge in [-0.25, -0.2) is 7.11 Å². The van der Waals surface area contributed by atoms with Gasteiger partial charge in [0.05, 0.1) is 0 Å². The van der Waals surface area contributed by atoms with Crippen molar-refractivity contribution in [1.82, 2.24) is 0 Å². The molecule has 0 heterocycles. The fourth-order valence-electron chi connectivity index (χ4n) is 0.0833. The fourth-order valence-corrected chi connectivity index (χ4v) is 0.0833. The molecule has 0 aromatic rings. The summed E-state index contributed by atoms with van der Waals surface area (Å²) in [4.78, 5) is 0. The molecule has 0 saturated carbocycles. The van der Waals surface area contributed by atoms with Crippen molar-refractivity contribution in [2.75, 3.05) is 6.61 Å². The predicted molar refractivity (Wildman–Crippen MR) is 21.5 cm³/mol. The quantitative estimate of drug-likeness (QED) is 0.227. The summed E-state index contributed by atoms with van der Waals surface area (Å²) in [6.45, 7) is 3.93.